The molecule has 0 bridgehead atoms. The first-order chi connectivity index (χ1) is 12.6. The highest BCUT2D eigenvalue weighted by Gasteiger charge is 2.12. The van der Waals surface area contributed by atoms with Crippen molar-refractivity contribution in [3.63, 3.8) is 0 Å². The van der Waals surface area contributed by atoms with Crippen LogP contribution in [-0.4, -0.2) is 22.0 Å². The molecule has 0 atom stereocenters. The number of methoxy groups -OCH3 is 1. The van der Waals surface area contributed by atoms with E-state index >= 15 is 0 Å². The van der Waals surface area contributed by atoms with Crippen molar-refractivity contribution in [2.24, 2.45) is 0 Å². The Bertz CT molecular complexity index is 931. The molecule has 0 amide bonds. The Morgan fingerprint density at radius 1 is 1.15 bits per heavy atom. The van der Waals surface area contributed by atoms with Gasteiger partial charge in [-0.25, -0.2) is 4.68 Å². The molecule has 3 aromatic rings. The van der Waals surface area contributed by atoms with Crippen LogP contribution in [0.4, 0.5) is 0 Å². The summed E-state index contributed by atoms with van der Waals surface area (Å²) in [4.78, 5) is 0. The summed E-state index contributed by atoms with van der Waals surface area (Å²) in [6.07, 6.45) is 0. The highest BCUT2D eigenvalue weighted by molar-refractivity contribution is 7.71. The monoisotopic (exact) mass is 370 g/mol. The summed E-state index contributed by atoms with van der Waals surface area (Å²) in [6, 6.07) is 14.1. The third-order valence-electron chi connectivity index (χ3n) is 4.05. The molecule has 1 aromatic heterocycles. The summed E-state index contributed by atoms with van der Waals surface area (Å²) in [6.45, 7) is 4.93. The van der Waals surface area contributed by atoms with Gasteiger partial charge in [-0.2, -0.15) is 5.10 Å². The zero-order valence-corrected chi connectivity index (χ0v) is 15.9. The van der Waals surface area contributed by atoms with Crippen LogP contribution in [0.25, 0.3) is 0 Å². The second kappa shape index (κ2) is 8.05. The van der Waals surface area contributed by atoms with Crippen LogP contribution < -0.4 is 14.9 Å². The van der Waals surface area contributed by atoms with E-state index < -0.39 is 0 Å². The number of nitrogens with zero attached hydrogens (tertiary/aromatic N) is 2. The lowest BCUT2D eigenvalue weighted by Gasteiger charge is -2.16. The van der Waals surface area contributed by atoms with E-state index in [0.29, 0.717) is 23.7 Å². The quantitative estimate of drug-likeness (QED) is 0.618. The third kappa shape index (κ3) is 4.05. The lowest BCUT2D eigenvalue weighted by Crippen LogP contribution is -2.16. The van der Waals surface area contributed by atoms with Crippen molar-refractivity contribution in [1.82, 2.24) is 14.9 Å². The van der Waals surface area contributed by atoms with Crippen LogP contribution in [0.15, 0.2) is 42.5 Å². The number of aromatic nitrogens is 3. The molecule has 0 unspecified atom stereocenters. The van der Waals surface area contributed by atoms with E-state index in [4.69, 9.17) is 21.7 Å². The van der Waals surface area contributed by atoms with Gasteiger partial charge in [-0.05, 0) is 37.7 Å². The molecule has 0 saturated heterocycles. The lowest BCUT2D eigenvalue weighted by molar-refractivity contribution is 0.281. The standard InChI is InChI=1S/C19H22N4O2S/c1-13-7-9-15(10-8-13)12-25-18-16(5-4-6-17(18)24-3)11-20-23-14(2)21-22-19(23)26/h4-10,20H,11-12H2,1-3H3,(H,22,26). The van der Waals surface area contributed by atoms with E-state index in [9.17, 15) is 0 Å². The largest absolute Gasteiger partial charge is 0.493 e. The summed E-state index contributed by atoms with van der Waals surface area (Å²) < 4.78 is 13.8. The van der Waals surface area contributed by atoms with Crippen LogP contribution >= 0.6 is 12.2 Å². The molecular weight excluding hydrogens is 348 g/mol. The summed E-state index contributed by atoms with van der Waals surface area (Å²) in [5.74, 6) is 2.18. The molecule has 0 spiro atoms. The van der Waals surface area contributed by atoms with E-state index in [2.05, 4.69) is 46.8 Å². The van der Waals surface area contributed by atoms with Gasteiger partial charge in [0, 0.05) is 5.56 Å². The van der Waals surface area contributed by atoms with Crippen molar-refractivity contribution in [2.45, 2.75) is 27.0 Å². The van der Waals surface area contributed by atoms with E-state index in [0.717, 1.165) is 22.7 Å². The third-order valence-corrected chi connectivity index (χ3v) is 4.33. The number of aryl methyl sites for hydroxylation is 2. The van der Waals surface area contributed by atoms with Gasteiger partial charge < -0.3 is 14.9 Å². The number of rotatable bonds is 7. The Morgan fingerprint density at radius 3 is 2.58 bits per heavy atom. The first-order valence-corrected chi connectivity index (χ1v) is 8.71. The second-order valence-corrected chi connectivity index (χ2v) is 6.36. The Hall–Kier alpha value is -2.80. The average molecular weight is 370 g/mol. The fraction of sp³-hybridized carbons (Fsp3) is 0.263. The summed E-state index contributed by atoms with van der Waals surface area (Å²) in [5, 5.41) is 6.85. The van der Waals surface area contributed by atoms with Crippen LogP contribution in [0, 0.1) is 18.6 Å². The molecule has 7 heteroatoms. The maximum absolute atomic E-state index is 6.09. The SMILES string of the molecule is COc1cccc(CNn2c(C)n[nH]c2=S)c1OCc1ccc(C)cc1. The van der Waals surface area contributed by atoms with Crippen molar-refractivity contribution in [3.05, 3.63) is 69.8 Å². The normalized spacial score (nSPS) is 10.6. The first-order valence-electron chi connectivity index (χ1n) is 8.30. The van der Waals surface area contributed by atoms with Crippen molar-refractivity contribution in [1.29, 1.82) is 0 Å². The molecule has 1 heterocycles. The Balaban J connectivity index is 1.79. The number of aromatic amines is 1. The molecule has 0 radical (unpaired) electrons. The van der Waals surface area contributed by atoms with Crippen LogP contribution in [0.3, 0.4) is 0 Å². The van der Waals surface area contributed by atoms with Gasteiger partial charge in [-0.15, -0.1) is 0 Å². The number of ether oxygens (including phenoxy) is 2. The molecule has 0 aliphatic heterocycles. The minimum absolute atomic E-state index is 0.470. The van der Waals surface area contributed by atoms with Crippen molar-refractivity contribution < 1.29 is 9.47 Å². The van der Waals surface area contributed by atoms with E-state index in [-0.39, 0.29) is 0 Å². The van der Waals surface area contributed by atoms with Crippen molar-refractivity contribution in [3.8, 4) is 11.5 Å². The molecule has 0 saturated carbocycles. The molecule has 3 rings (SSSR count). The summed E-state index contributed by atoms with van der Waals surface area (Å²) in [7, 11) is 1.64. The second-order valence-electron chi connectivity index (χ2n) is 5.97. The smallest absolute Gasteiger partial charge is 0.214 e. The Kier molecular flexibility index (Phi) is 5.58. The molecule has 0 aliphatic rings. The first kappa shape index (κ1) is 18.0. The van der Waals surface area contributed by atoms with Gasteiger partial charge >= 0.3 is 0 Å². The van der Waals surface area contributed by atoms with Gasteiger partial charge in [0.2, 0.25) is 4.77 Å². The zero-order valence-electron chi connectivity index (χ0n) is 15.1. The highest BCUT2D eigenvalue weighted by atomic mass is 32.1. The number of benzene rings is 2. The minimum atomic E-state index is 0.470. The van der Waals surface area contributed by atoms with Crippen LogP contribution in [0.1, 0.15) is 22.5 Å². The van der Waals surface area contributed by atoms with Crippen LogP contribution in [0.2, 0.25) is 0 Å². The van der Waals surface area contributed by atoms with Gasteiger partial charge in [0.05, 0.1) is 13.7 Å². The predicted octanol–water partition coefficient (Wildman–Crippen LogP) is 3.89. The van der Waals surface area contributed by atoms with E-state index in [1.54, 1.807) is 11.8 Å². The maximum atomic E-state index is 6.09. The van der Waals surface area contributed by atoms with E-state index in [1.165, 1.54) is 5.56 Å². The Labute approximate surface area is 157 Å². The summed E-state index contributed by atoms with van der Waals surface area (Å²) in [5.41, 5.74) is 6.56. The molecule has 0 fully saturated rings. The molecule has 0 aliphatic carbocycles. The summed E-state index contributed by atoms with van der Waals surface area (Å²) >= 11 is 5.22. The Morgan fingerprint density at radius 2 is 1.92 bits per heavy atom. The molecule has 136 valence electrons. The number of hydrogen-bond acceptors (Lipinski definition) is 5. The minimum Gasteiger partial charge on any atom is -0.493 e. The van der Waals surface area contributed by atoms with Gasteiger partial charge in [0.1, 0.15) is 12.4 Å². The highest BCUT2D eigenvalue weighted by Crippen LogP contribution is 2.32. The number of hydrogen-bond donors (Lipinski definition) is 2. The number of para-hydroxylation sites is 1. The van der Waals surface area contributed by atoms with E-state index in [1.807, 2.05) is 25.1 Å². The molecule has 2 N–H and O–H groups in total. The molecule has 26 heavy (non-hydrogen) atoms. The van der Waals surface area contributed by atoms with Gasteiger partial charge in [-0.3, -0.25) is 5.10 Å². The van der Waals surface area contributed by atoms with Crippen molar-refractivity contribution >= 4 is 12.2 Å². The topological polar surface area (TPSA) is 64.1 Å². The molecule has 2 aromatic carbocycles. The average Bonchev–Trinajstić information content (AvgIpc) is 2.97. The zero-order chi connectivity index (χ0) is 18.5. The number of nitrogens with one attached hydrogen (secondary N) is 2. The molecule has 6 nitrogen and oxygen atoms in total. The molecular formula is C19H22N4O2S. The van der Waals surface area contributed by atoms with Crippen LogP contribution in [-0.2, 0) is 13.2 Å². The van der Waals surface area contributed by atoms with Gasteiger partial charge in [0.25, 0.3) is 0 Å². The maximum Gasteiger partial charge on any atom is 0.214 e. The van der Waals surface area contributed by atoms with Crippen molar-refractivity contribution in [2.75, 3.05) is 12.5 Å². The lowest BCUT2D eigenvalue weighted by atomic mass is 10.1. The fourth-order valence-electron chi connectivity index (χ4n) is 2.59. The predicted molar refractivity (Wildman–Crippen MR) is 104 cm³/mol. The van der Waals surface area contributed by atoms with Gasteiger partial charge in [-0.1, -0.05) is 42.0 Å². The fourth-order valence-corrected chi connectivity index (χ4v) is 2.83. The van der Waals surface area contributed by atoms with Crippen LogP contribution in [0.5, 0.6) is 11.5 Å². The van der Waals surface area contributed by atoms with Gasteiger partial charge in [0.15, 0.2) is 11.5 Å². The number of H-pyrrole nitrogens is 1.